The summed E-state index contributed by atoms with van der Waals surface area (Å²) in [4.78, 5) is 9.97. The largest absolute Gasteiger partial charge is 0.353 e. The lowest BCUT2D eigenvalue weighted by Gasteiger charge is -2.09. The lowest BCUT2D eigenvalue weighted by Crippen LogP contribution is -2.11. The van der Waals surface area contributed by atoms with Crippen molar-refractivity contribution in [3.8, 4) is 0 Å². The first-order chi connectivity index (χ1) is 7.15. The number of carbonyl (C=O) groups excluding carboxylic acids is 1. The molecule has 0 radical (unpaired) electrons. The van der Waals surface area contributed by atoms with Gasteiger partial charge < -0.3 is 14.3 Å². The van der Waals surface area contributed by atoms with E-state index >= 15 is 0 Å². The van der Waals surface area contributed by atoms with Crippen LogP contribution in [0.2, 0.25) is 0 Å². The number of hydrogen-bond acceptors (Lipinski definition) is 3. The van der Waals surface area contributed by atoms with E-state index in [1.165, 1.54) is 0 Å². The van der Waals surface area contributed by atoms with Gasteiger partial charge in [-0.25, -0.2) is 0 Å². The molecule has 0 spiro atoms. The van der Waals surface area contributed by atoms with Crippen LogP contribution in [0.25, 0.3) is 0 Å². The molecule has 3 nitrogen and oxygen atoms in total. The van der Waals surface area contributed by atoms with Crippen molar-refractivity contribution in [2.45, 2.75) is 53.8 Å². The smallest absolute Gasteiger partial charge is 0.154 e. The summed E-state index contributed by atoms with van der Waals surface area (Å²) in [5, 5.41) is 0. The number of carbonyl (C=O) groups is 1. The minimum Gasteiger partial charge on any atom is -0.353 e. The number of ether oxygens (including phenoxy) is 2. The van der Waals surface area contributed by atoms with Crippen LogP contribution in [0.3, 0.4) is 0 Å². The van der Waals surface area contributed by atoms with Crippen molar-refractivity contribution in [2.24, 2.45) is 5.92 Å². The van der Waals surface area contributed by atoms with Crippen LogP contribution in [0.5, 0.6) is 0 Å². The Hall–Kier alpha value is -0.410. The summed E-state index contributed by atoms with van der Waals surface area (Å²) in [5.74, 6) is 0.306. The maximum atomic E-state index is 9.97. The topological polar surface area (TPSA) is 35.5 Å². The third-order valence-corrected chi connectivity index (χ3v) is 2.04. The van der Waals surface area contributed by atoms with Crippen molar-refractivity contribution in [1.82, 2.24) is 0 Å². The summed E-state index contributed by atoms with van der Waals surface area (Å²) >= 11 is 0. The highest BCUT2D eigenvalue weighted by Gasteiger charge is 1.96. The fourth-order valence-corrected chi connectivity index (χ4v) is 0.999. The minimum absolute atomic E-state index is 0.0370. The molecule has 3 heteroatoms. The van der Waals surface area contributed by atoms with Crippen LogP contribution in [0.1, 0.15) is 47.5 Å². The second-order valence-corrected chi connectivity index (χ2v) is 3.19. The molecule has 0 aromatic carbocycles. The molecule has 15 heavy (non-hydrogen) atoms. The Labute approximate surface area is 94.1 Å². The van der Waals surface area contributed by atoms with E-state index in [2.05, 4.69) is 0 Å². The molecule has 0 aliphatic rings. The molecule has 0 unspecified atom stereocenters. The molecular formula is C12H26O3. The van der Waals surface area contributed by atoms with Crippen LogP contribution in [-0.2, 0) is 14.3 Å². The van der Waals surface area contributed by atoms with Crippen molar-refractivity contribution in [1.29, 1.82) is 0 Å². The van der Waals surface area contributed by atoms with E-state index in [1.807, 2.05) is 34.6 Å². The molecular weight excluding hydrogens is 192 g/mol. The Morgan fingerprint density at radius 1 is 1.00 bits per heavy atom. The first kappa shape index (κ1) is 17.0. The van der Waals surface area contributed by atoms with Crippen LogP contribution < -0.4 is 0 Å². The maximum Gasteiger partial charge on any atom is 0.154 e. The van der Waals surface area contributed by atoms with Gasteiger partial charge in [-0.05, 0) is 33.6 Å². The molecule has 0 aromatic rings. The molecule has 0 N–H and O–H groups in total. The third kappa shape index (κ3) is 13.6. The van der Waals surface area contributed by atoms with Crippen molar-refractivity contribution < 1.29 is 14.3 Å². The second kappa shape index (κ2) is 13.6. The molecule has 0 aliphatic carbocycles. The Morgan fingerprint density at radius 3 is 1.53 bits per heavy atom. The van der Waals surface area contributed by atoms with Gasteiger partial charge in [0.05, 0.1) is 0 Å². The lowest BCUT2D eigenvalue weighted by molar-refractivity contribution is -0.123. The number of rotatable bonds is 7. The van der Waals surface area contributed by atoms with Crippen molar-refractivity contribution in [3.63, 3.8) is 0 Å². The molecule has 0 aliphatic heterocycles. The van der Waals surface area contributed by atoms with Gasteiger partial charge in [-0.15, -0.1) is 0 Å². The zero-order valence-corrected chi connectivity index (χ0v) is 10.8. The quantitative estimate of drug-likeness (QED) is 0.486. The average molecular weight is 218 g/mol. The van der Waals surface area contributed by atoms with E-state index in [0.717, 1.165) is 32.3 Å². The average Bonchev–Trinajstić information content (AvgIpc) is 2.22. The molecule has 92 valence electrons. The Kier molecular flexibility index (Phi) is 15.4. The summed E-state index contributed by atoms with van der Waals surface area (Å²) in [6.07, 6.45) is 2.96. The highest BCUT2D eigenvalue weighted by atomic mass is 16.7. The molecule has 0 heterocycles. The SMILES string of the molecule is CCC(C=O)CC.CCOC(C)OCC. The van der Waals surface area contributed by atoms with Crippen LogP contribution in [0.15, 0.2) is 0 Å². The van der Waals surface area contributed by atoms with Crippen LogP contribution in [0, 0.1) is 5.92 Å². The van der Waals surface area contributed by atoms with Crippen LogP contribution in [-0.4, -0.2) is 25.8 Å². The highest BCUT2D eigenvalue weighted by molar-refractivity contribution is 5.52. The summed E-state index contributed by atoms with van der Waals surface area (Å²) < 4.78 is 10.1. The van der Waals surface area contributed by atoms with Gasteiger partial charge in [0.1, 0.15) is 6.29 Å². The molecule has 0 aromatic heterocycles. The first-order valence-corrected chi connectivity index (χ1v) is 5.84. The summed E-state index contributed by atoms with van der Waals surface area (Å²) in [6, 6.07) is 0. The summed E-state index contributed by atoms with van der Waals surface area (Å²) in [5.41, 5.74) is 0. The fraction of sp³-hybridized carbons (Fsp3) is 0.917. The molecule has 0 amide bonds. The van der Waals surface area contributed by atoms with Gasteiger partial charge >= 0.3 is 0 Å². The van der Waals surface area contributed by atoms with E-state index < -0.39 is 0 Å². The maximum absolute atomic E-state index is 9.97. The van der Waals surface area contributed by atoms with E-state index in [1.54, 1.807) is 0 Å². The molecule has 0 fully saturated rings. The zero-order chi connectivity index (χ0) is 12.1. The Balaban J connectivity index is 0. The van der Waals surface area contributed by atoms with Crippen LogP contribution >= 0.6 is 0 Å². The molecule has 0 saturated carbocycles. The number of aldehydes is 1. The summed E-state index contributed by atoms with van der Waals surface area (Å²) in [6.45, 7) is 11.3. The van der Waals surface area contributed by atoms with Gasteiger partial charge in [-0.3, -0.25) is 0 Å². The van der Waals surface area contributed by atoms with Gasteiger partial charge in [0.2, 0.25) is 0 Å². The normalized spacial score (nSPS) is 10.1. The molecule has 0 atom stereocenters. The monoisotopic (exact) mass is 218 g/mol. The van der Waals surface area contributed by atoms with Gasteiger partial charge in [-0.1, -0.05) is 13.8 Å². The van der Waals surface area contributed by atoms with Crippen molar-refractivity contribution in [3.05, 3.63) is 0 Å². The predicted molar refractivity (Wildman–Crippen MR) is 62.9 cm³/mol. The Bertz CT molecular complexity index is 116. The standard InChI is InChI=1S/C6H14O2.C6H12O/c1-4-7-6(3)8-5-2;1-3-6(4-2)5-7/h6H,4-5H2,1-3H3;5-6H,3-4H2,1-2H3. The lowest BCUT2D eigenvalue weighted by atomic mass is 10.1. The van der Waals surface area contributed by atoms with Gasteiger partial charge in [0.25, 0.3) is 0 Å². The van der Waals surface area contributed by atoms with Gasteiger partial charge in [-0.2, -0.15) is 0 Å². The zero-order valence-electron chi connectivity index (χ0n) is 10.8. The van der Waals surface area contributed by atoms with Crippen molar-refractivity contribution >= 4 is 6.29 Å². The van der Waals surface area contributed by atoms with E-state index in [-0.39, 0.29) is 6.29 Å². The molecule has 0 rings (SSSR count). The predicted octanol–water partition coefficient (Wildman–Crippen LogP) is 3.03. The molecule has 0 saturated heterocycles. The van der Waals surface area contributed by atoms with E-state index in [0.29, 0.717) is 5.92 Å². The minimum atomic E-state index is -0.0370. The number of hydrogen-bond donors (Lipinski definition) is 0. The van der Waals surface area contributed by atoms with Crippen molar-refractivity contribution in [2.75, 3.05) is 13.2 Å². The van der Waals surface area contributed by atoms with E-state index in [9.17, 15) is 4.79 Å². The fourth-order valence-electron chi connectivity index (χ4n) is 0.999. The van der Waals surface area contributed by atoms with Gasteiger partial charge in [0.15, 0.2) is 6.29 Å². The van der Waals surface area contributed by atoms with E-state index in [4.69, 9.17) is 9.47 Å². The highest BCUT2D eigenvalue weighted by Crippen LogP contribution is 2.01. The van der Waals surface area contributed by atoms with Crippen LogP contribution in [0.4, 0.5) is 0 Å². The van der Waals surface area contributed by atoms with Gasteiger partial charge in [0, 0.05) is 19.1 Å². The third-order valence-electron chi connectivity index (χ3n) is 2.04. The summed E-state index contributed by atoms with van der Waals surface area (Å²) in [7, 11) is 0. The Morgan fingerprint density at radius 2 is 1.40 bits per heavy atom. The second-order valence-electron chi connectivity index (χ2n) is 3.19. The molecule has 0 bridgehead atoms. The first-order valence-electron chi connectivity index (χ1n) is 5.84.